The molecule has 3 aliphatic heterocycles. The summed E-state index contributed by atoms with van der Waals surface area (Å²) in [6.45, 7) is 14.4. The molecule has 3 nitrogen and oxygen atoms in total. The topological polar surface area (TPSA) is 42.0 Å². The van der Waals surface area contributed by atoms with Crippen LogP contribution in [0, 0.1) is 5.92 Å². The van der Waals surface area contributed by atoms with E-state index in [2.05, 4.69) is 33.1 Å². The normalized spacial score (nSPS) is 44.4. The van der Waals surface area contributed by atoms with Crippen LogP contribution in [0.3, 0.4) is 0 Å². The molecule has 2 fully saturated rings. The first-order valence-corrected chi connectivity index (χ1v) is 8.80. The number of rotatable bonds is 1. The van der Waals surface area contributed by atoms with Gasteiger partial charge in [-0.15, -0.1) is 0 Å². The molecular weight excluding hydrogens is 288 g/mol. The van der Waals surface area contributed by atoms with Gasteiger partial charge in [-0.2, -0.15) is 0 Å². The number of aliphatic hydroxyl groups is 1. The summed E-state index contributed by atoms with van der Waals surface area (Å²) in [7, 11) is 0. The average molecular weight is 318 g/mol. The zero-order valence-electron chi connectivity index (χ0n) is 14.7. The van der Waals surface area contributed by atoms with Gasteiger partial charge in [0.25, 0.3) is 0 Å². The third-order valence-corrected chi connectivity index (χ3v) is 5.66. The van der Waals surface area contributed by atoms with E-state index in [4.69, 9.17) is 9.47 Å². The lowest BCUT2D eigenvalue weighted by atomic mass is 9.83. The van der Waals surface area contributed by atoms with Crippen molar-refractivity contribution in [1.29, 1.82) is 0 Å². The van der Waals surface area contributed by atoms with Crippen LogP contribution < -0.4 is 0 Å². The molecule has 0 aromatic rings. The summed E-state index contributed by atoms with van der Waals surface area (Å²) >= 11 is 0. The Bertz CT molecular complexity index is 531. The summed E-state index contributed by atoms with van der Waals surface area (Å²) in [5.41, 5.74) is 2.79. The Kier molecular flexibility index (Phi) is 4.56. The fraction of sp³-hybridized carbons (Fsp3) is 0.700. The predicted octanol–water partition coefficient (Wildman–Crippen LogP) is 3.93. The Morgan fingerprint density at radius 3 is 2.78 bits per heavy atom. The van der Waals surface area contributed by atoms with E-state index in [9.17, 15) is 5.11 Å². The van der Waals surface area contributed by atoms with Crippen molar-refractivity contribution in [3.05, 3.63) is 36.0 Å². The van der Waals surface area contributed by atoms with Crippen LogP contribution in [0.2, 0.25) is 0 Å². The molecule has 0 aromatic carbocycles. The number of ether oxygens (including phenoxy) is 2. The average Bonchev–Trinajstić information content (AvgIpc) is 3.05. The predicted molar refractivity (Wildman–Crippen MR) is 92.2 cm³/mol. The van der Waals surface area contributed by atoms with Crippen LogP contribution in [0.15, 0.2) is 36.0 Å². The molecular formula is C20H30O3. The Balaban J connectivity index is 1.83. The summed E-state index contributed by atoms with van der Waals surface area (Å²) in [6, 6.07) is 0. The highest BCUT2D eigenvalue weighted by atomic mass is 16.6. The van der Waals surface area contributed by atoms with Crippen LogP contribution >= 0.6 is 0 Å². The van der Waals surface area contributed by atoms with E-state index in [1.54, 1.807) is 0 Å². The largest absolute Gasteiger partial charge is 0.387 e. The second kappa shape index (κ2) is 6.19. The van der Waals surface area contributed by atoms with Gasteiger partial charge in [0.2, 0.25) is 0 Å². The van der Waals surface area contributed by atoms with E-state index in [0.29, 0.717) is 12.3 Å². The van der Waals surface area contributed by atoms with Crippen molar-refractivity contribution in [2.45, 2.75) is 82.9 Å². The van der Waals surface area contributed by atoms with Gasteiger partial charge in [-0.25, -0.2) is 0 Å². The van der Waals surface area contributed by atoms with E-state index >= 15 is 0 Å². The summed E-state index contributed by atoms with van der Waals surface area (Å²) < 4.78 is 12.1. The molecule has 3 aliphatic rings. The number of hydrogen-bond donors (Lipinski definition) is 1. The molecule has 23 heavy (non-hydrogen) atoms. The van der Waals surface area contributed by atoms with Crippen LogP contribution in [0.1, 0.15) is 52.9 Å². The second-order valence-electron chi connectivity index (χ2n) is 7.96. The Hall–Kier alpha value is -0.900. The highest BCUT2D eigenvalue weighted by Crippen LogP contribution is 2.44. The van der Waals surface area contributed by atoms with Crippen molar-refractivity contribution < 1.29 is 14.6 Å². The Morgan fingerprint density at radius 2 is 2.09 bits per heavy atom. The first kappa shape index (κ1) is 16.9. The van der Waals surface area contributed by atoms with Crippen molar-refractivity contribution in [2.24, 2.45) is 5.92 Å². The smallest absolute Gasteiger partial charge is 0.105 e. The minimum absolute atomic E-state index is 0.0919. The number of allylic oxidation sites excluding steroid dienone is 1. The molecule has 0 spiro atoms. The number of epoxide rings is 1. The first-order chi connectivity index (χ1) is 10.8. The van der Waals surface area contributed by atoms with E-state index in [-0.39, 0.29) is 24.4 Å². The zero-order chi connectivity index (χ0) is 16.8. The van der Waals surface area contributed by atoms with Gasteiger partial charge in [-0.1, -0.05) is 30.4 Å². The maximum atomic E-state index is 11.0. The van der Waals surface area contributed by atoms with Gasteiger partial charge in [-0.05, 0) is 52.0 Å². The maximum absolute atomic E-state index is 11.0. The number of hydrogen-bond acceptors (Lipinski definition) is 3. The van der Waals surface area contributed by atoms with Crippen molar-refractivity contribution in [3.63, 3.8) is 0 Å². The molecule has 3 heteroatoms. The standard InChI is InChI=1S/C20H30O3/c1-12(2)15-10-18-20(5,21)11-17-19(23-17)14(4)8-6-7-13(3)9-16(15)22-18/h7,15-19,21H,1,4,6,8-11H2,2-3,5H3/t15-,16+,17+,18-,19+,20+/m1/s1. The highest BCUT2D eigenvalue weighted by Gasteiger charge is 2.50. The Morgan fingerprint density at radius 1 is 1.35 bits per heavy atom. The lowest BCUT2D eigenvalue weighted by Gasteiger charge is -2.29. The fourth-order valence-electron chi connectivity index (χ4n) is 4.10. The van der Waals surface area contributed by atoms with E-state index < -0.39 is 5.60 Å². The van der Waals surface area contributed by atoms with Crippen LogP contribution in [0.5, 0.6) is 0 Å². The van der Waals surface area contributed by atoms with Crippen molar-refractivity contribution in [3.8, 4) is 0 Å². The van der Waals surface area contributed by atoms with E-state index in [1.165, 1.54) is 5.57 Å². The van der Waals surface area contributed by atoms with Gasteiger partial charge < -0.3 is 14.6 Å². The molecule has 0 unspecified atom stereocenters. The van der Waals surface area contributed by atoms with Gasteiger partial charge in [-0.3, -0.25) is 0 Å². The maximum Gasteiger partial charge on any atom is 0.105 e. The summed E-state index contributed by atoms with van der Waals surface area (Å²) in [5, 5.41) is 11.0. The molecule has 128 valence electrons. The summed E-state index contributed by atoms with van der Waals surface area (Å²) in [6.07, 6.45) is 6.81. The van der Waals surface area contributed by atoms with Gasteiger partial charge in [0.1, 0.15) is 6.10 Å². The molecule has 0 aliphatic carbocycles. The van der Waals surface area contributed by atoms with Gasteiger partial charge in [0, 0.05) is 12.3 Å². The molecule has 3 heterocycles. The van der Waals surface area contributed by atoms with Crippen molar-refractivity contribution in [2.75, 3.05) is 0 Å². The molecule has 3 rings (SSSR count). The van der Waals surface area contributed by atoms with Crippen molar-refractivity contribution >= 4 is 0 Å². The zero-order valence-corrected chi connectivity index (χ0v) is 14.7. The quantitative estimate of drug-likeness (QED) is 0.588. The lowest BCUT2D eigenvalue weighted by molar-refractivity contribution is -0.0999. The fourth-order valence-corrected chi connectivity index (χ4v) is 4.10. The van der Waals surface area contributed by atoms with Crippen LogP contribution in [0.4, 0.5) is 0 Å². The summed E-state index contributed by atoms with van der Waals surface area (Å²) in [4.78, 5) is 0. The number of fused-ring (bicyclic) bond motifs is 3. The lowest BCUT2D eigenvalue weighted by Crippen LogP contribution is -2.41. The van der Waals surface area contributed by atoms with E-state index in [0.717, 1.165) is 36.8 Å². The molecule has 0 aromatic heterocycles. The minimum atomic E-state index is -0.867. The molecule has 6 atom stereocenters. The van der Waals surface area contributed by atoms with Gasteiger partial charge >= 0.3 is 0 Å². The monoisotopic (exact) mass is 318 g/mol. The molecule has 2 bridgehead atoms. The summed E-state index contributed by atoms with van der Waals surface area (Å²) in [5.74, 6) is 0.323. The second-order valence-corrected chi connectivity index (χ2v) is 7.96. The highest BCUT2D eigenvalue weighted by molar-refractivity contribution is 5.17. The van der Waals surface area contributed by atoms with Gasteiger partial charge in [0.05, 0.1) is 23.9 Å². The molecule has 0 amide bonds. The molecule has 0 radical (unpaired) electrons. The molecule has 2 saturated heterocycles. The van der Waals surface area contributed by atoms with Gasteiger partial charge in [0.15, 0.2) is 0 Å². The van der Waals surface area contributed by atoms with Crippen molar-refractivity contribution in [1.82, 2.24) is 0 Å². The van der Waals surface area contributed by atoms with E-state index in [1.807, 2.05) is 6.92 Å². The Labute approximate surface area is 140 Å². The van der Waals surface area contributed by atoms with Crippen LogP contribution in [0.25, 0.3) is 0 Å². The molecule has 0 saturated carbocycles. The SMILES string of the molecule is C=C(C)[C@H]1C[C@H]2O[C@H]1CC(C)=CCCC(=C)[C@@H]1O[C@H]1C[C@]2(C)O. The molecule has 1 N–H and O–H groups in total. The first-order valence-electron chi connectivity index (χ1n) is 8.80. The van der Waals surface area contributed by atoms with Crippen LogP contribution in [-0.2, 0) is 9.47 Å². The third kappa shape index (κ3) is 3.62. The minimum Gasteiger partial charge on any atom is -0.387 e. The third-order valence-electron chi connectivity index (χ3n) is 5.66. The van der Waals surface area contributed by atoms with Crippen LogP contribution in [-0.4, -0.2) is 35.1 Å².